The second-order valence-corrected chi connectivity index (χ2v) is 6.89. The molecule has 0 saturated carbocycles. The van der Waals surface area contributed by atoms with Crippen LogP contribution >= 0.6 is 0 Å². The molecule has 1 heterocycles. The molecule has 5 heteroatoms. The van der Waals surface area contributed by atoms with E-state index < -0.39 is 0 Å². The summed E-state index contributed by atoms with van der Waals surface area (Å²) in [6.07, 6.45) is 0.249. The van der Waals surface area contributed by atoms with E-state index in [1.54, 1.807) is 4.90 Å². The van der Waals surface area contributed by atoms with Gasteiger partial charge in [-0.05, 0) is 42.7 Å². The van der Waals surface area contributed by atoms with Crippen LogP contribution < -0.4 is 15.0 Å². The van der Waals surface area contributed by atoms with Crippen LogP contribution in [-0.2, 0) is 9.59 Å². The lowest BCUT2D eigenvalue weighted by molar-refractivity contribution is -0.126. The number of hydrogen-bond donors (Lipinski definition) is 1. The number of nitrogens with one attached hydrogen (secondary N) is 1. The molecule has 0 unspecified atom stereocenters. The van der Waals surface area contributed by atoms with Gasteiger partial charge in [-0.25, -0.2) is 0 Å². The maximum atomic E-state index is 12.5. The molecule has 1 aliphatic heterocycles. The highest BCUT2D eigenvalue weighted by molar-refractivity contribution is 6.00. The Labute approximate surface area is 160 Å². The quantitative estimate of drug-likeness (QED) is 0.817. The Kier molecular flexibility index (Phi) is 6.12. The molecule has 0 aliphatic carbocycles. The first kappa shape index (κ1) is 19.0. The molecule has 1 N–H and O–H groups in total. The smallest absolute Gasteiger partial charge is 0.227 e. The third-order valence-corrected chi connectivity index (χ3v) is 4.91. The molecule has 5 nitrogen and oxygen atoms in total. The van der Waals surface area contributed by atoms with E-state index in [0.717, 1.165) is 11.4 Å². The molecule has 2 atom stereocenters. The van der Waals surface area contributed by atoms with E-state index in [1.807, 2.05) is 49.4 Å². The van der Waals surface area contributed by atoms with Gasteiger partial charge in [0.25, 0.3) is 0 Å². The summed E-state index contributed by atoms with van der Waals surface area (Å²) in [6, 6.07) is 17.5. The highest BCUT2D eigenvalue weighted by Crippen LogP contribution is 2.27. The van der Waals surface area contributed by atoms with E-state index in [1.165, 1.54) is 5.56 Å². The van der Waals surface area contributed by atoms with Crippen LogP contribution in [0.2, 0.25) is 0 Å². The Morgan fingerprint density at radius 1 is 1.19 bits per heavy atom. The highest BCUT2D eigenvalue weighted by atomic mass is 16.5. The Hall–Kier alpha value is -2.82. The van der Waals surface area contributed by atoms with E-state index in [9.17, 15) is 9.59 Å². The van der Waals surface area contributed by atoms with Crippen LogP contribution in [0.15, 0.2) is 54.6 Å². The lowest BCUT2D eigenvalue weighted by Crippen LogP contribution is -2.35. The number of anilines is 1. The van der Waals surface area contributed by atoms with Crippen molar-refractivity contribution in [3.05, 3.63) is 60.2 Å². The number of hydrogen-bond acceptors (Lipinski definition) is 3. The second kappa shape index (κ2) is 8.71. The predicted octanol–water partition coefficient (Wildman–Crippen LogP) is 3.36. The first-order valence-electron chi connectivity index (χ1n) is 9.44. The van der Waals surface area contributed by atoms with Crippen LogP contribution in [0.4, 0.5) is 5.69 Å². The van der Waals surface area contributed by atoms with Gasteiger partial charge in [0.15, 0.2) is 0 Å². The molecule has 0 aromatic heterocycles. The van der Waals surface area contributed by atoms with Gasteiger partial charge in [0, 0.05) is 25.2 Å². The maximum Gasteiger partial charge on any atom is 0.227 e. The zero-order valence-electron chi connectivity index (χ0n) is 15.9. The summed E-state index contributed by atoms with van der Waals surface area (Å²) in [5.41, 5.74) is 1.99. The summed E-state index contributed by atoms with van der Waals surface area (Å²) in [7, 11) is 0. The van der Waals surface area contributed by atoms with Gasteiger partial charge < -0.3 is 15.0 Å². The second-order valence-electron chi connectivity index (χ2n) is 6.89. The minimum absolute atomic E-state index is 0.0181. The molecule has 2 aromatic rings. The number of amides is 2. The third kappa shape index (κ3) is 4.67. The summed E-state index contributed by atoms with van der Waals surface area (Å²) >= 11 is 0. The molecule has 0 radical (unpaired) electrons. The topological polar surface area (TPSA) is 58.6 Å². The number of carbonyl (C=O) groups excluding carboxylic acids is 2. The molecule has 1 saturated heterocycles. The summed E-state index contributed by atoms with van der Waals surface area (Å²) in [4.78, 5) is 26.6. The van der Waals surface area contributed by atoms with Crippen molar-refractivity contribution < 1.29 is 14.3 Å². The average molecular weight is 366 g/mol. The van der Waals surface area contributed by atoms with Crippen molar-refractivity contribution in [2.45, 2.75) is 26.2 Å². The minimum atomic E-state index is -0.313. The van der Waals surface area contributed by atoms with Gasteiger partial charge >= 0.3 is 0 Å². The van der Waals surface area contributed by atoms with Crippen LogP contribution in [-0.4, -0.2) is 31.5 Å². The van der Waals surface area contributed by atoms with E-state index in [-0.39, 0.29) is 30.1 Å². The fourth-order valence-electron chi connectivity index (χ4n) is 3.32. The van der Waals surface area contributed by atoms with Crippen molar-refractivity contribution in [2.24, 2.45) is 5.92 Å². The standard InChI is InChI=1S/C22H26N2O3/c1-3-27-20-11-9-19(10-12-20)24-15-18(13-21(24)25)22(26)23-14-16(2)17-7-5-4-6-8-17/h4-12,16,18H,3,13-15H2,1-2H3,(H,23,26)/t16-,18+/m0/s1. The SMILES string of the molecule is CCOc1ccc(N2C[C@H](C(=O)NC[C@H](C)c3ccccc3)CC2=O)cc1. The summed E-state index contributed by atoms with van der Waals surface area (Å²) < 4.78 is 5.43. The fourth-order valence-corrected chi connectivity index (χ4v) is 3.32. The molecular weight excluding hydrogens is 340 g/mol. The molecule has 0 spiro atoms. The Morgan fingerprint density at radius 2 is 1.89 bits per heavy atom. The molecule has 3 rings (SSSR count). The lowest BCUT2D eigenvalue weighted by atomic mass is 10.0. The fraction of sp³-hybridized carbons (Fsp3) is 0.364. The van der Waals surface area contributed by atoms with Crippen molar-refractivity contribution in [3.8, 4) is 5.75 Å². The van der Waals surface area contributed by atoms with Crippen LogP contribution in [0, 0.1) is 5.92 Å². The molecule has 142 valence electrons. The number of rotatable bonds is 7. The number of nitrogens with zero attached hydrogens (tertiary/aromatic N) is 1. The van der Waals surface area contributed by atoms with Gasteiger partial charge in [-0.1, -0.05) is 37.3 Å². The zero-order valence-corrected chi connectivity index (χ0v) is 15.9. The van der Waals surface area contributed by atoms with Crippen molar-refractivity contribution in [1.29, 1.82) is 0 Å². The van der Waals surface area contributed by atoms with Gasteiger partial charge in [0.1, 0.15) is 5.75 Å². The van der Waals surface area contributed by atoms with E-state index >= 15 is 0 Å². The number of benzene rings is 2. The predicted molar refractivity (Wildman–Crippen MR) is 106 cm³/mol. The molecule has 27 heavy (non-hydrogen) atoms. The lowest BCUT2D eigenvalue weighted by Gasteiger charge is -2.18. The first-order chi connectivity index (χ1) is 13.1. The first-order valence-corrected chi connectivity index (χ1v) is 9.44. The minimum Gasteiger partial charge on any atom is -0.494 e. The Balaban J connectivity index is 1.55. The average Bonchev–Trinajstić information content (AvgIpc) is 3.09. The van der Waals surface area contributed by atoms with Gasteiger partial charge in [-0.2, -0.15) is 0 Å². The maximum absolute atomic E-state index is 12.5. The van der Waals surface area contributed by atoms with Gasteiger partial charge in [-0.15, -0.1) is 0 Å². The normalized spacial score (nSPS) is 17.6. The highest BCUT2D eigenvalue weighted by Gasteiger charge is 2.35. The van der Waals surface area contributed by atoms with Crippen molar-refractivity contribution in [3.63, 3.8) is 0 Å². The zero-order chi connectivity index (χ0) is 19.2. The summed E-state index contributed by atoms with van der Waals surface area (Å²) in [6.45, 7) is 5.60. The van der Waals surface area contributed by atoms with Gasteiger partial charge in [0.05, 0.1) is 12.5 Å². The van der Waals surface area contributed by atoms with Gasteiger partial charge in [0.2, 0.25) is 11.8 Å². The third-order valence-electron chi connectivity index (χ3n) is 4.91. The Morgan fingerprint density at radius 3 is 2.56 bits per heavy atom. The molecule has 1 aliphatic rings. The molecule has 2 aromatic carbocycles. The van der Waals surface area contributed by atoms with E-state index in [0.29, 0.717) is 19.7 Å². The Bertz CT molecular complexity index is 774. The van der Waals surface area contributed by atoms with Gasteiger partial charge in [-0.3, -0.25) is 9.59 Å². The van der Waals surface area contributed by atoms with Crippen LogP contribution in [0.1, 0.15) is 31.7 Å². The van der Waals surface area contributed by atoms with Crippen molar-refractivity contribution >= 4 is 17.5 Å². The van der Waals surface area contributed by atoms with Crippen LogP contribution in [0.5, 0.6) is 5.75 Å². The molecule has 0 bridgehead atoms. The van der Waals surface area contributed by atoms with Crippen LogP contribution in [0.25, 0.3) is 0 Å². The van der Waals surface area contributed by atoms with Crippen molar-refractivity contribution in [2.75, 3.05) is 24.6 Å². The molecular formula is C22H26N2O3. The summed E-state index contributed by atoms with van der Waals surface area (Å²) in [5, 5.41) is 3.00. The molecule has 1 fully saturated rings. The van der Waals surface area contributed by atoms with E-state index in [4.69, 9.17) is 4.74 Å². The van der Waals surface area contributed by atoms with Crippen LogP contribution in [0.3, 0.4) is 0 Å². The molecule has 2 amide bonds. The summed E-state index contributed by atoms with van der Waals surface area (Å²) in [5.74, 6) is 0.619. The number of ether oxygens (including phenoxy) is 1. The largest absolute Gasteiger partial charge is 0.494 e. The number of carbonyl (C=O) groups is 2. The van der Waals surface area contributed by atoms with Crippen molar-refractivity contribution in [1.82, 2.24) is 5.32 Å². The monoisotopic (exact) mass is 366 g/mol. The van der Waals surface area contributed by atoms with E-state index in [2.05, 4.69) is 24.4 Å².